The molecule has 1 unspecified atom stereocenters. The van der Waals surface area contributed by atoms with Gasteiger partial charge in [0.15, 0.2) is 0 Å². The summed E-state index contributed by atoms with van der Waals surface area (Å²) >= 11 is 6.39. The number of carbonyl (C=O) groups excluding carboxylic acids is 3. The number of alkyl carbamates (subject to hydrolysis) is 1. The first-order valence-corrected chi connectivity index (χ1v) is 12.8. The van der Waals surface area contributed by atoms with Crippen LogP contribution in [0.2, 0.25) is 5.02 Å². The molecule has 3 amide bonds. The van der Waals surface area contributed by atoms with Crippen molar-refractivity contribution in [2.24, 2.45) is 0 Å². The number of aryl methyl sites for hydroxylation is 2. The van der Waals surface area contributed by atoms with Gasteiger partial charge in [-0.05, 0) is 76.1 Å². The number of benzene rings is 2. The molecule has 0 aliphatic heterocycles. The maximum absolute atomic E-state index is 13.8. The van der Waals surface area contributed by atoms with Gasteiger partial charge in [-0.3, -0.25) is 9.59 Å². The number of nitrogens with zero attached hydrogens (tertiary/aromatic N) is 1. The van der Waals surface area contributed by atoms with Crippen LogP contribution in [0.15, 0.2) is 42.5 Å². The number of nitrogens with one attached hydrogen (secondary N) is 2. The van der Waals surface area contributed by atoms with Gasteiger partial charge in [-0.15, -0.1) is 0 Å². The monoisotopic (exact) mass is 513 g/mol. The van der Waals surface area contributed by atoms with Crippen molar-refractivity contribution in [3.05, 3.63) is 64.2 Å². The van der Waals surface area contributed by atoms with Crippen LogP contribution in [0.5, 0.6) is 0 Å². The van der Waals surface area contributed by atoms with E-state index >= 15 is 0 Å². The minimum absolute atomic E-state index is 0.105. The zero-order valence-electron chi connectivity index (χ0n) is 21.7. The number of carbonyl (C=O) groups is 3. The largest absolute Gasteiger partial charge is 0.444 e. The van der Waals surface area contributed by atoms with E-state index in [0.29, 0.717) is 16.3 Å². The van der Waals surface area contributed by atoms with Gasteiger partial charge in [0.05, 0.1) is 10.7 Å². The highest BCUT2D eigenvalue weighted by atomic mass is 35.5. The lowest BCUT2D eigenvalue weighted by Gasteiger charge is -2.42. The molecule has 0 bridgehead atoms. The third-order valence-electron chi connectivity index (χ3n) is 6.24. The van der Waals surface area contributed by atoms with Crippen LogP contribution in [-0.4, -0.2) is 41.0 Å². The van der Waals surface area contributed by atoms with E-state index in [4.69, 9.17) is 16.3 Å². The van der Waals surface area contributed by atoms with Crippen LogP contribution in [0.25, 0.3) is 0 Å². The van der Waals surface area contributed by atoms with Crippen LogP contribution >= 0.6 is 11.6 Å². The molecular weight excluding hydrogens is 478 g/mol. The van der Waals surface area contributed by atoms with Crippen LogP contribution in [0, 0.1) is 6.92 Å². The van der Waals surface area contributed by atoms with E-state index in [0.717, 1.165) is 36.8 Å². The van der Waals surface area contributed by atoms with Gasteiger partial charge in [-0.25, -0.2) is 4.79 Å². The summed E-state index contributed by atoms with van der Waals surface area (Å²) in [6.45, 7) is 8.93. The molecule has 1 aliphatic rings. The molecule has 3 rings (SSSR count). The molecule has 0 saturated heterocycles. The van der Waals surface area contributed by atoms with E-state index in [-0.39, 0.29) is 24.4 Å². The van der Waals surface area contributed by atoms with Crippen molar-refractivity contribution in [2.45, 2.75) is 78.0 Å². The fourth-order valence-electron chi connectivity index (χ4n) is 4.13. The number of para-hydroxylation sites is 1. The van der Waals surface area contributed by atoms with Crippen molar-refractivity contribution in [2.75, 3.05) is 11.9 Å². The Morgan fingerprint density at radius 1 is 1.11 bits per heavy atom. The number of hydrogen-bond donors (Lipinski definition) is 2. The summed E-state index contributed by atoms with van der Waals surface area (Å²) in [6, 6.07) is 12.1. The predicted octanol–water partition coefficient (Wildman–Crippen LogP) is 5.80. The zero-order valence-corrected chi connectivity index (χ0v) is 22.4. The van der Waals surface area contributed by atoms with E-state index < -0.39 is 17.7 Å². The van der Waals surface area contributed by atoms with Gasteiger partial charge in [-0.2, -0.15) is 0 Å². The molecule has 7 nitrogen and oxygen atoms in total. The summed E-state index contributed by atoms with van der Waals surface area (Å²) in [5, 5.41) is 5.94. The number of amides is 3. The van der Waals surface area contributed by atoms with E-state index in [1.54, 1.807) is 31.7 Å². The minimum atomic E-state index is -0.884. The summed E-state index contributed by atoms with van der Waals surface area (Å²) in [5.41, 5.74) is 2.49. The molecular formula is C28H36ClN3O4. The molecule has 0 aromatic heterocycles. The van der Waals surface area contributed by atoms with Crippen molar-refractivity contribution in [3.63, 3.8) is 0 Å². The molecule has 0 heterocycles. The fraction of sp³-hybridized carbons (Fsp3) is 0.464. The van der Waals surface area contributed by atoms with Crippen LogP contribution in [0.3, 0.4) is 0 Å². The summed E-state index contributed by atoms with van der Waals surface area (Å²) < 4.78 is 5.28. The topological polar surface area (TPSA) is 87.7 Å². The number of rotatable bonds is 8. The molecule has 8 heteroatoms. The van der Waals surface area contributed by atoms with Crippen LogP contribution < -0.4 is 10.6 Å². The summed E-state index contributed by atoms with van der Waals surface area (Å²) in [7, 11) is 0. The SMILES string of the molecule is CCc1ccc(C(C(=O)Nc2c(C)cccc2Cl)N(C(=O)CNC(=O)OC(C)(C)C)C2CCC2)cc1. The van der Waals surface area contributed by atoms with Gasteiger partial charge in [0, 0.05) is 6.04 Å². The maximum atomic E-state index is 13.8. The Morgan fingerprint density at radius 3 is 2.31 bits per heavy atom. The van der Waals surface area contributed by atoms with Crippen molar-refractivity contribution in [1.82, 2.24) is 10.2 Å². The first-order valence-electron chi connectivity index (χ1n) is 12.4. The van der Waals surface area contributed by atoms with Gasteiger partial charge in [0.2, 0.25) is 5.91 Å². The second-order valence-corrected chi connectivity index (χ2v) is 10.6. The molecule has 2 N–H and O–H groups in total. The van der Waals surface area contributed by atoms with Crippen LogP contribution in [0.1, 0.15) is 69.7 Å². The van der Waals surface area contributed by atoms with Crippen molar-refractivity contribution < 1.29 is 19.1 Å². The number of ether oxygens (including phenoxy) is 1. The summed E-state index contributed by atoms with van der Waals surface area (Å²) in [4.78, 5) is 41.2. The Kier molecular flexibility index (Phi) is 9.01. The second-order valence-electron chi connectivity index (χ2n) is 10.2. The lowest BCUT2D eigenvalue weighted by atomic mass is 9.88. The number of halogens is 1. The highest BCUT2D eigenvalue weighted by molar-refractivity contribution is 6.34. The molecule has 1 atom stereocenters. The van der Waals surface area contributed by atoms with E-state index in [1.807, 2.05) is 43.3 Å². The average Bonchev–Trinajstić information content (AvgIpc) is 2.77. The van der Waals surface area contributed by atoms with Crippen molar-refractivity contribution >= 4 is 35.2 Å². The molecule has 0 radical (unpaired) electrons. The average molecular weight is 514 g/mol. The molecule has 0 spiro atoms. The Morgan fingerprint density at radius 2 is 1.78 bits per heavy atom. The summed E-state index contributed by atoms with van der Waals surface area (Å²) in [5.74, 6) is -0.700. The van der Waals surface area contributed by atoms with Crippen LogP contribution in [0.4, 0.5) is 10.5 Å². The van der Waals surface area contributed by atoms with E-state index in [2.05, 4.69) is 17.6 Å². The van der Waals surface area contributed by atoms with Crippen molar-refractivity contribution in [3.8, 4) is 0 Å². The smallest absolute Gasteiger partial charge is 0.408 e. The van der Waals surface area contributed by atoms with Gasteiger partial charge in [0.25, 0.3) is 5.91 Å². The maximum Gasteiger partial charge on any atom is 0.408 e. The molecule has 36 heavy (non-hydrogen) atoms. The first kappa shape index (κ1) is 27.5. The lowest BCUT2D eigenvalue weighted by molar-refractivity contribution is -0.143. The van der Waals surface area contributed by atoms with Crippen LogP contribution in [-0.2, 0) is 20.7 Å². The Bertz CT molecular complexity index is 1070. The second kappa shape index (κ2) is 11.8. The molecule has 1 fully saturated rings. The molecule has 1 saturated carbocycles. The first-order chi connectivity index (χ1) is 17.0. The van der Waals surface area contributed by atoms with Gasteiger partial charge < -0.3 is 20.3 Å². The Hall–Kier alpha value is -3.06. The Labute approximate surface area is 218 Å². The molecule has 2 aromatic carbocycles. The van der Waals surface area contributed by atoms with Gasteiger partial charge in [-0.1, -0.05) is 54.9 Å². The highest BCUT2D eigenvalue weighted by Gasteiger charge is 2.39. The van der Waals surface area contributed by atoms with Gasteiger partial charge in [0.1, 0.15) is 18.2 Å². The molecule has 2 aromatic rings. The molecule has 194 valence electrons. The Balaban J connectivity index is 1.93. The predicted molar refractivity (Wildman–Crippen MR) is 142 cm³/mol. The quantitative estimate of drug-likeness (QED) is 0.467. The van der Waals surface area contributed by atoms with Gasteiger partial charge >= 0.3 is 6.09 Å². The van der Waals surface area contributed by atoms with Crippen molar-refractivity contribution in [1.29, 1.82) is 0 Å². The third-order valence-corrected chi connectivity index (χ3v) is 6.55. The zero-order chi connectivity index (χ0) is 26.5. The summed E-state index contributed by atoms with van der Waals surface area (Å²) in [6.07, 6.45) is 2.74. The fourth-order valence-corrected chi connectivity index (χ4v) is 4.40. The number of hydrogen-bond acceptors (Lipinski definition) is 4. The third kappa shape index (κ3) is 7.00. The standard InChI is InChI=1S/C28H36ClN3O4/c1-6-19-13-15-20(16-14-19)25(26(34)31-24-18(2)9-7-12-22(24)29)32(21-10-8-11-21)23(33)17-30-27(35)36-28(3,4)5/h7,9,12-16,21,25H,6,8,10-11,17H2,1-5H3,(H,30,35)(H,31,34). The lowest BCUT2D eigenvalue weighted by Crippen LogP contribution is -2.53. The highest BCUT2D eigenvalue weighted by Crippen LogP contribution is 2.35. The minimum Gasteiger partial charge on any atom is -0.444 e. The van der Waals surface area contributed by atoms with E-state index in [9.17, 15) is 14.4 Å². The normalized spacial score (nSPS) is 14.4. The molecule has 1 aliphatic carbocycles. The van der Waals surface area contributed by atoms with E-state index in [1.165, 1.54) is 0 Å². The number of anilines is 1.